The van der Waals surface area contributed by atoms with Gasteiger partial charge < -0.3 is 10.8 Å². The number of ketones is 1. The number of carboxylic acids is 1. The van der Waals surface area contributed by atoms with Crippen LogP contribution in [0.4, 0.5) is 0 Å². The molecule has 1 atom stereocenters. The van der Waals surface area contributed by atoms with Crippen molar-refractivity contribution in [2.45, 2.75) is 45.1 Å². The lowest BCUT2D eigenvalue weighted by Gasteiger charge is -2.08. The lowest BCUT2D eigenvalue weighted by Crippen LogP contribution is -2.29. The zero-order valence-corrected chi connectivity index (χ0v) is 9.61. The summed E-state index contributed by atoms with van der Waals surface area (Å²) in [4.78, 5) is 22.0. The molecule has 16 heavy (non-hydrogen) atoms. The Morgan fingerprint density at radius 1 is 1.31 bits per heavy atom. The summed E-state index contributed by atoms with van der Waals surface area (Å²) < 4.78 is 0. The summed E-state index contributed by atoms with van der Waals surface area (Å²) in [6.45, 7) is 1.91. The van der Waals surface area contributed by atoms with Crippen molar-refractivity contribution in [3.8, 4) is 0 Å². The number of carbonyl (C=O) groups is 2. The van der Waals surface area contributed by atoms with Crippen molar-refractivity contribution < 1.29 is 14.7 Å². The Hall–Kier alpha value is -1.16. The fourth-order valence-corrected chi connectivity index (χ4v) is 1.53. The van der Waals surface area contributed by atoms with Gasteiger partial charge in [0.1, 0.15) is 11.8 Å². The van der Waals surface area contributed by atoms with E-state index in [9.17, 15) is 9.59 Å². The van der Waals surface area contributed by atoms with Crippen molar-refractivity contribution in [2.75, 3.05) is 0 Å². The van der Waals surface area contributed by atoms with Crippen molar-refractivity contribution in [3.05, 3.63) is 12.2 Å². The molecule has 4 heteroatoms. The van der Waals surface area contributed by atoms with E-state index in [1.54, 1.807) is 0 Å². The zero-order chi connectivity index (χ0) is 12.2. The molecular weight excluding hydrogens is 206 g/mol. The van der Waals surface area contributed by atoms with Crippen LogP contribution in [0.3, 0.4) is 0 Å². The molecule has 1 rings (SSSR count). The second kappa shape index (κ2) is 5.25. The Kier molecular flexibility index (Phi) is 4.24. The first kappa shape index (κ1) is 12.9. The molecule has 0 aromatic heterocycles. The predicted molar refractivity (Wildman–Crippen MR) is 61.0 cm³/mol. The van der Waals surface area contributed by atoms with Crippen LogP contribution in [0.1, 0.15) is 39.0 Å². The molecule has 0 spiro atoms. The third-order valence-electron chi connectivity index (χ3n) is 3.00. The van der Waals surface area contributed by atoms with Gasteiger partial charge in [0, 0.05) is 6.42 Å². The van der Waals surface area contributed by atoms with Gasteiger partial charge in [-0.1, -0.05) is 25.0 Å². The van der Waals surface area contributed by atoms with Gasteiger partial charge in [-0.25, -0.2) is 0 Å². The molecule has 0 aromatic rings. The minimum atomic E-state index is -0.953. The molecule has 0 saturated carbocycles. The van der Waals surface area contributed by atoms with E-state index in [-0.39, 0.29) is 11.2 Å². The van der Waals surface area contributed by atoms with Crippen LogP contribution in [0.15, 0.2) is 12.2 Å². The number of carboxylic acid groups (broad SMARTS) is 1. The third-order valence-corrected chi connectivity index (χ3v) is 3.00. The Morgan fingerprint density at radius 2 is 1.94 bits per heavy atom. The fraction of sp³-hybridized carbons (Fsp3) is 0.667. The van der Waals surface area contributed by atoms with Gasteiger partial charge in [0.05, 0.1) is 5.41 Å². The molecule has 90 valence electrons. The molecule has 0 bridgehead atoms. The Bertz CT molecular complexity index is 303. The van der Waals surface area contributed by atoms with Crippen LogP contribution in [0.5, 0.6) is 0 Å². The maximum absolute atomic E-state index is 11.6. The molecule has 3 N–H and O–H groups in total. The number of nitrogens with two attached hydrogens (primary N) is 1. The van der Waals surface area contributed by atoms with Crippen molar-refractivity contribution in [3.63, 3.8) is 0 Å². The van der Waals surface area contributed by atoms with Crippen LogP contribution in [0.2, 0.25) is 0 Å². The van der Waals surface area contributed by atoms with Crippen LogP contribution in [-0.2, 0) is 9.59 Å². The number of carbonyl (C=O) groups excluding carboxylic acids is 1. The van der Waals surface area contributed by atoms with E-state index in [0.717, 1.165) is 19.3 Å². The molecule has 0 saturated heterocycles. The zero-order valence-electron chi connectivity index (χ0n) is 9.61. The van der Waals surface area contributed by atoms with Crippen LogP contribution >= 0.6 is 0 Å². The van der Waals surface area contributed by atoms with E-state index >= 15 is 0 Å². The minimum absolute atomic E-state index is 0.259. The molecule has 4 nitrogen and oxygen atoms in total. The average Bonchev–Trinajstić information content (AvgIpc) is 2.96. The summed E-state index contributed by atoms with van der Waals surface area (Å²) in [5.74, 6) is -0.694. The molecule has 1 aliphatic rings. The number of hydrogen-bond acceptors (Lipinski definition) is 3. The number of unbranched alkanes of at least 4 members (excludes halogenated alkanes) is 2. The van der Waals surface area contributed by atoms with Gasteiger partial charge in [0.15, 0.2) is 0 Å². The highest BCUT2D eigenvalue weighted by Gasteiger charge is 2.35. The van der Waals surface area contributed by atoms with Crippen LogP contribution in [0, 0.1) is 5.41 Å². The summed E-state index contributed by atoms with van der Waals surface area (Å²) in [5, 5.41) is 8.55. The molecular formula is C12H19NO3. The van der Waals surface area contributed by atoms with Gasteiger partial charge in [0.25, 0.3) is 0 Å². The van der Waals surface area contributed by atoms with E-state index in [1.807, 2.05) is 19.1 Å². The SMILES string of the molecule is CC1(C(=O)CCCCC[C@H](N)C(=O)O)C=C1. The minimum Gasteiger partial charge on any atom is -0.480 e. The first-order valence-electron chi connectivity index (χ1n) is 5.68. The maximum atomic E-state index is 11.6. The van der Waals surface area contributed by atoms with Gasteiger partial charge in [-0.15, -0.1) is 0 Å². The highest BCUT2D eigenvalue weighted by Crippen LogP contribution is 2.36. The first-order valence-corrected chi connectivity index (χ1v) is 5.68. The lowest BCUT2D eigenvalue weighted by molar-refractivity contribution is -0.138. The number of hydrogen-bond donors (Lipinski definition) is 2. The molecule has 0 unspecified atom stereocenters. The van der Waals surface area contributed by atoms with Gasteiger partial charge in [0.2, 0.25) is 0 Å². The Balaban J connectivity index is 2.00. The van der Waals surface area contributed by atoms with Gasteiger partial charge in [-0.3, -0.25) is 9.59 Å². The molecule has 0 amide bonds. The third kappa shape index (κ3) is 3.77. The smallest absolute Gasteiger partial charge is 0.320 e. The fourth-order valence-electron chi connectivity index (χ4n) is 1.53. The highest BCUT2D eigenvalue weighted by molar-refractivity contribution is 5.92. The van der Waals surface area contributed by atoms with Crippen molar-refractivity contribution in [1.29, 1.82) is 0 Å². The summed E-state index contributed by atoms with van der Waals surface area (Å²) in [6.07, 6.45) is 7.34. The van der Waals surface area contributed by atoms with E-state index in [4.69, 9.17) is 10.8 Å². The van der Waals surface area contributed by atoms with Gasteiger partial charge >= 0.3 is 5.97 Å². The van der Waals surface area contributed by atoms with E-state index in [0.29, 0.717) is 12.8 Å². The largest absolute Gasteiger partial charge is 0.480 e. The topological polar surface area (TPSA) is 80.4 Å². The number of allylic oxidation sites excluding steroid dienone is 2. The molecule has 0 fully saturated rings. The molecule has 0 aliphatic heterocycles. The highest BCUT2D eigenvalue weighted by atomic mass is 16.4. The maximum Gasteiger partial charge on any atom is 0.320 e. The Morgan fingerprint density at radius 3 is 2.44 bits per heavy atom. The van der Waals surface area contributed by atoms with E-state index < -0.39 is 12.0 Å². The summed E-state index contributed by atoms with van der Waals surface area (Å²) in [7, 11) is 0. The second-order valence-electron chi connectivity index (χ2n) is 4.58. The van der Waals surface area contributed by atoms with Gasteiger partial charge in [-0.2, -0.15) is 0 Å². The van der Waals surface area contributed by atoms with Crippen LogP contribution in [0.25, 0.3) is 0 Å². The Labute approximate surface area is 95.5 Å². The van der Waals surface area contributed by atoms with Crippen molar-refractivity contribution in [2.24, 2.45) is 11.1 Å². The summed E-state index contributed by atoms with van der Waals surface area (Å²) >= 11 is 0. The normalized spacial score (nSPS) is 18.1. The monoisotopic (exact) mass is 225 g/mol. The van der Waals surface area contributed by atoms with Crippen LogP contribution < -0.4 is 5.73 Å². The average molecular weight is 225 g/mol. The quantitative estimate of drug-likeness (QED) is 0.484. The van der Waals surface area contributed by atoms with Crippen molar-refractivity contribution >= 4 is 11.8 Å². The van der Waals surface area contributed by atoms with Crippen molar-refractivity contribution in [1.82, 2.24) is 0 Å². The summed E-state index contributed by atoms with van der Waals surface area (Å²) in [5.41, 5.74) is 5.09. The number of Topliss-reactive ketones (excluding diaryl/α,β-unsaturated/α-hetero) is 1. The van der Waals surface area contributed by atoms with E-state index in [2.05, 4.69) is 0 Å². The molecule has 0 radical (unpaired) electrons. The molecule has 0 aromatic carbocycles. The standard InChI is InChI=1S/C12H19NO3/c1-12(7-8-12)10(14)6-4-2-3-5-9(13)11(15)16/h7-9H,2-6,13H2,1H3,(H,15,16)/t9-/m0/s1. The second-order valence-corrected chi connectivity index (χ2v) is 4.58. The first-order chi connectivity index (χ1) is 7.46. The molecule has 1 aliphatic carbocycles. The lowest BCUT2D eigenvalue weighted by atomic mass is 9.96. The number of rotatable bonds is 8. The van der Waals surface area contributed by atoms with Crippen LogP contribution in [-0.4, -0.2) is 22.9 Å². The van der Waals surface area contributed by atoms with Gasteiger partial charge in [-0.05, 0) is 19.8 Å². The predicted octanol–water partition coefficient (Wildman–Crippen LogP) is 1.49. The molecule has 0 heterocycles. The van der Waals surface area contributed by atoms with E-state index in [1.165, 1.54) is 0 Å². The number of aliphatic carboxylic acids is 1. The summed E-state index contributed by atoms with van der Waals surface area (Å²) in [6, 6.07) is -0.765.